The van der Waals surface area contributed by atoms with E-state index in [-0.39, 0.29) is 0 Å². The lowest BCUT2D eigenvalue weighted by Gasteiger charge is -2.27. The van der Waals surface area contributed by atoms with Gasteiger partial charge in [0.2, 0.25) is 0 Å². The monoisotopic (exact) mass is 369 g/mol. The summed E-state index contributed by atoms with van der Waals surface area (Å²) in [5.74, 6) is 0.712. The fourth-order valence-electron chi connectivity index (χ4n) is 2.67. The van der Waals surface area contributed by atoms with Gasteiger partial charge in [0.25, 0.3) is 0 Å². The van der Waals surface area contributed by atoms with Gasteiger partial charge in [0.1, 0.15) is 6.04 Å². The van der Waals surface area contributed by atoms with Crippen molar-refractivity contribution in [1.82, 2.24) is 4.90 Å². The molecule has 6 heteroatoms. The zero-order chi connectivity index (χ0) is 15.7. The molecule has 1 aromatic rings. The smallest absolute Gasteiger partial charge is 0.320 e. The van der Waals surface area contributed by atoms with Gasteiger partial charge < -0.3 is 14.6 Å². The van der Waals surface area contributed by atoms with Gasteiger partial charge in [-0.2, -0.15) is 0 Å². The summed E-state index contributed by atoms with van der Waals surface area (Å²) in [6, 6.07) is 3.77. The average Bonchev–Trinajstić information content (AvgIpc) is 3.31. The van der Waals surface area contributed by atoms with Crippen LogP contribution in [0, 0.1) is 0 Å². The lowest BCUT2D eigenvalue weighted by atomic mass is 10.1. The van der Waals surface area contributed by atoms with Gasteiger partial charge in [-0.3, -0.25) is 9.69 Å². The van der Waals surface area contributed by atoms with E-state index in [9.17, 15) is 9.90 Å². The first-order chi connectivity index (χ1) is 10.6. The third kappa shape index (κ3) is 3.38. The number of nitrogens with zero attached hydrogens (tertiary/aromatic N) is 1. The van der Waals surface area contributed by atoms with Crippen molar-refractivity contribution in [3.05, 3.63) is 22.2 Å². The summed E-state index contributed by atoms with van der Waals surface area (Å²) in [5.41, 5.74) is 1.03. The van der Waals surface area contributed by atoms with Gasteiger partial charge in [0, 0.05) is 23.5 Å². The molecule has 1 N–H and O–H groups in total. The number of hydrogen-bond donors (Lipinski definition) is 1. The first-order valence-corrected chi connectivity index (χ1v) is 8.42. The lowest BCUT2D eigenvalue weighted by molar-refractivity contribution is -0.143. The van der Waals surface area contributed by atoms with Crippen LogP contribution in [-0.4, -0.2) is 41.3 Å². The number of benzene rings is 1. The number of halogens is 1. The predicted octanol–water partition coefficient (Wildman–Crippen LogP) is 3.05. The summed E-state index contributed by atoms with van der Waals surface area (Å²) in [6.07, 6.45) is 3.01. The molecule has 1 aliphatic heterocycles. The van der Waals surface area contributed by atoms with Gasteiger partial charge >= 0.3 is 5.97 Å². The molecule has 1 heterocycles. The SMILES string of the molecule is CC(C(=O)O)N(Cc1cc2c(cc1Br)OCCCO2)C1CC1. The maximum Gasteiger partial charge on any atom is 0.320 e. The highest BCUT2D eigenvalue weighted by atomic mass is 79.9. The van der Waals surface area contributed by atoms with Crippen molar-refractivity contribution in [2.45, 2.75) is 44.8 Å². The Balaban J connectivity index is 1.84. The van der Waals surface area contributed by atoms with E-state index in [1.807, 2.05) is 17.0 Å². The number of carbonyl (C=O) groups is 1. The molecule has 2 aliphatic rings. The minimum atomic E-state index is -0.780. The number of carboxylic acid groups (broad SMARTS) is 1. The Bertz CT molecular complexity index is 574. The van der Waals surface area contributed by atoms with E-state index in [0.717, 1.165) is 40.8 Å². The van der Waals surface area contributed by atoms with Gasteiger partial charge in [0.05, 0.1) is 13.2 Å². The van der Waals surface area contributed by atoms with E-state index in [1.165, 1.54) is 0 Å². The van der Waals surface area contributed by atoms with E-state index < -0.39 is 12.0 Å². The van der Waals surface area contributed by atoms with Crippen molar-refractivity contribution in [2.75, 3.05) is 13.2 Å². The summed E-state index contributed by atoms with van der Waals surface area (Å²) in [4.78, 5) is 13.4. The molecular weight excluding hydrogens is 350 g/mol. The topological polar surface area (TPSA) is 59.0 Å². The molecule has 1 saturated carbocycles. The molecule has 0 amide bonds. The average molecular weight is 370 g/mol. The van der Waals surface area contributed by atoms with Crippen LogP contribution in [0.4, 0.5) is 0 Å². The molecule has 1 fully saturated rings. The van der Waals surface area contributed by atoms with Gasteiger partial charge in [-0.1, -0.05) is 15.9 Å². The fraction of sp³-hybridized carbons (Fsp3) is 0.562. The predicted molar refractivity (Wildman–Crippen MR) is 85.4 cm³/mol. The van der Waals surface area contributed by atoms with Gasteiger partial charge in [-0.15, -0.1) is 0 Å². The van der Waals surface area contributed by atoms with Crippen LogP contribution in [0.5, 0.6) is 11.5 Å². The molecule has 0 saturated heterocycles. The molecule has 1 aliphatic carbocycles. The van der Waals surface area contributed by atoms with Crippen LogP contribution < -0.4 is 9.47 Å². The Morgan fingerprint density at radius 1 is 1.36 bits per heavy atom. The number of ether oxygens (including phenoxy) is 2. The fourth-order valence-corrected chi connectivity index (χ4v) is 3.12. The van der Waals surface area contributed by atoms with Crippen molar-refractivity contribution < 1.29 is 19.4 Å². The number of aliphatic carboxylic acids is 1. The molecule has 22 heavy (non-hydrogen) atoms. The molecule has 0 bridgehead atoms. The Kier molecular flexibility index (Phi) is 4.59. The molecule has 0 aromatic heterocycles. The number of fused-ring (bicyclic) bond motifs is 1. The zero-order valence-electron chi connectivity index (χ0n) is 12.5. The molecule has 5 nitrogen and oxygen atoms in total. The van der Waals surface area contributed by atoms with Crippen LogP contribution in [-0.2, 0) is 11.3 Å². The van der Waals surface area contributed by atoms with Crippen molar-refractivity contribution in [1.29, 1.82) is 0 Å². The van der Waals surface area contributed by atoms with Gasteiger partial charge in [-0.05, 0) is 37.5 Å². The first-order valence-electron chi connectivity index (χ1n) is 7.63. The normalized spacial score (nSPS) is 18.9. The molecule has 1 unspecified atom stereocenters. The van der Waals surface area contributed by atoms with E-state index >= 15 is 0 Å². The van der Waals surface area contributed by atoms with Gasteiger partial charge in [-0.25, -0.2) is 0 Å². The summed E-state index contributed by atoms with van der Waals surface area (Å²) in [7, 11) is 0. The van der Waals surface area contributed by atoms with E-state index in [2.05, 4.69) is 15.9 Å². The third-order valence-corrected chi connectivity index (χ3v) is 4.88. The van der Waals surface area contributed by atoms with Crippen molar-refractivity contribution >= 4 is 21.9 Å². The highest BCUT2D eigenvalue weighted by molar-refractivity contribution is 9.10. The first kappa shape index (κ1) is 15.6. The Hall–Kier alpha value is -1.27. The van der Waals surface area contributed by atoms with E-state index in [1.54, 1.807) is 6.92 Å². The van der Waals surface area contributed by atoms with Crippen LogP contribution in [0.1, 0.15) is 31.7 Å². The molecule has 3 rings (SSSR count). The second-order valence-corrected chi connectivity index (χ2v) is 6.71. The lowest BCUT2D eigenvalue weighted by Crippen LogP contribution is -2.40. The second-order valence-electron chi connectivity index (χ2n) is 5.86. The Labute approximate surface area is 138 Å². The van der Waals surface area contributed by atoms with Crippen molar-refractivity contribution in [2.24, 2.45) is 0 Å². The zero-order valence-corrected chi connectivity index (χ0v) is 14.1. The molecule has 1 atom stereocenters. The minimum Gasteiger partial charge on any atom is -0.490 e. The molecule has 1 aromatic carbocycles. The van der Waals surface area contributed by atoms with E-state index in [4.69, 9.17) is 9.47 Å². The summed E-state index contributed by atoms with van der Waals surface area (Å²) >= 11 is 3.58. The van der Waals surface area contributed by atoms with Crippen LogP contribution in [0.15, 0.2) is 16.6 Å². The maximum atomic E-state index is 11.3. The standard InChI is InChI=1S/C16H20BrNO4/c1-10(16(19)20)18(12-3-4-12)9-11-7-14-15(8-13(11)17)22-6-2-5-21-14/h7-8,10,12H,2-6,9H2,1H3,(H,19,20). The second kappa shape index (κ2) is 6.46. The van der Waals surface area contributed by atoms with Crippen LogP contribution in [0.2, 0.25) is 0 Å². The molecular formula is C16H20BrNO4. The third-order valence-electron chi connectivity index (χ3n) is 4.14. The van der Waals surface area contributed by atoms with E-state index in [0.29, 0.717) is 25.8 Å². The molecule has 0 radical (unpaired) electrons. The maximum absolute atomic E-state index is 11.3. The number of hydrogen-bond acceptors (Lipinski definition) is 4. The summed E-state index contributed by atoms with van der Waals surface area (Å²) < 4.78 is 12.3. The Morgan fingerprint density at radius 3 is 2.59 bits per heavy atom. The van der Waals surface area contributed by atoms with Crippen molar-refractivity contribution in [3.63, 3.8) is 0 Å². The highest BCUT2D eigenvalue weighted by Gasteiger charge is 2.35. The Morgan fingerprint density at radius 2 is 2.00 bits per heavy atom. The minimum absolute atomic E-state index is 0.369. The number of carboxylic acids is 1. The quantitative estimate of drug-likeness (QED) is 0.864. The van der Waals surface area contributed by atoms with Crippen LogP contribution in [0.3, 0.4) is 0 Å². The van der Waals surface area contributed by atoms with Crippen molar-refractivity contribution in [3.8, 4) is 11.5 Å². The highest BCUT2D eigenvalue weighted by Crippen LogP contribution is 2.37. The molecule has 120 valence electrons. The summed E-state index contributed by atoms with van der Waals surface area (Å²) in [5, 5.41) is 9.31. The molecule has 0 spiro atoms. The summed E-state index contributed by atoms with van der Waals surface area (Å²) in [6.45, 7) is 3.64. The van der Waals surface area contributed by atoms with Crippen LogP contribution >= 0.6 is 15.9 Å². The number of rotatable bonds is 5. The largest absolute Gasteiger partial charge is 0.490 e. The van der Waals surface area contributed by atoms with Gasteiger partial charge in [0.15, 0.2) is 11.5 Å². The van der Waals surface area contributed by atoms with Crippen LogP contribution in [0.25, 0.3) is 0 Å².